The van der Waals surface area contributed by atoms with Gasteiger partial charge in [0, 0.05) is 12.1 Å². The highest BCUT2D eigenvalue weighted by Crippen LogP contribution is 2.46. The molecule has 0 radical (unpaired) electrons. The molecule has 3 aromatic heterocycles. The molecule has 6 nitrogen and oxygen atoms in total. The van der Waals surface area contributed by atoms with Gasteiger partial charge < -0.3 is 10.1 Å². The van der Waals surface area contributed by atoms with E-state index in [4.69, 9.17) is 0 Å². The van der Waals surface area contributed by atoms with Crippen molar-refractivity contribution in [2.45, 2.75) is 58.0 Å². The fourth-order valence-electron chi connectivity index (χ4n) is 4.52. The summed E-state index contributed by atoms with van der Waals surface area (Å²) in [5.41, 5.74) is 2.09. The zero-order chi connectivity index (χ0) is 16.9. The quantitative estimate of drug-likeness (QED) is 0.770. The van der Waals surface area contributed by atoms with E-state index >= 15 is 0 Å². The number of H-pyrrole nitrogens is 1. The van der Waals surface area contributed by atoms with Gasteiger partial charge in [0.15, 0.2) is 11.3 Å². The lowest BCUT2D eigenvalue weighted by Gasteiger charge is -2.21. The highest BCUT2D eigenvalue weighted by atomic mass is 16.3. The predicted octanol–water partition coefficient (Wildman–Crippen LogP) is 3.29. The van der Waals surface area contributed by atoms with Gasteiger partial charge in [-0.2, -0.15) is 0 Å². The molecule has 1 saturated carbocycles. The Hall–Kier alpha value is -1.95. The molecule has 0 bridgehead atoms. The first-order valence-electron chi connectivity index (χ1n) is 8.85. The van der Waals surface area contributed by atoms with Crippen LogP contribution < -0.4 is 0 Å². The second-order valence-electron chi connectivity index (χ2n) is 7.85. The van der Waals surface area contributed by atoms with Crippen LogP contribution in [0.4, 0.5) is 0 Å². The normalized spacial score (nSPS) is 25.1. The van der Waals surface area contributed by atoms with E-state index in [9.17, 15) is 5.11 Å². The van der Waals surface area contributed by atoms with Crippen molar-refractivity contribution in [1.82, 2.24) is 24.6 Å². The first-order chi connectivity index (χ1) is 11.5. The Morgan fingerprint density at radius 1 is 1.33 bits per heavy atom. The minimum absolute atomic E-state index is 0.387. The van der Waals surface area contributed by atoms with Crippen LogP contribution in [0, 0.1) is 11.8 Å². The Bertz CT molecular complexity index is 859. The summed E-state index contributed by atoms with van der Waals surface area (Å²) >= 11 is 0. The third-order valence-electron chi connectivity index (χ3n) is 5.40. The van der Waals surface area contributed by atoms with Crippen molar-refractivity contribution in [3.05, 3.63) is 24.3 Å². The summed E-state index contributed by atoms with van der Waals surface area (Å²) < 4.78 is 2.15. The number of fused-ring (bicyclic) bond motifs is 3. The van der Waals surface area contributed by atoms with Gasteiger partial charge in [-0.3, -0.25) is 4.40 Å². The minimum Gasteiger partial charge on any atom is -0.390 e. The van der Waals surface area contributed by atoms with Gasteiger partial charge in [0.25, 0.3) is 0 Å². The maximum absolute atomic E-state index is 10.2. The topological polar surface area (TPSA) is 79.1 Å². The van der Waals surface area contributed by atoms with Crippen LogP contribution in [0.5, 0.6) is 0 Å². The fourth-order valence-corrected chi connectivity index (χ4v) is 4.52. The lowest BCUT2D eigenvalue weighted by Crippen LogP contribution is -2.22. The molecular weight excluding hydrogens is 302 g/mol. The highest BCUT2D eigenvalue weighted by molar-refractivity contribution is 5.74. The molecule has 3 atom stereocenters. The van der Waals surface area contributed by atoms with E-state index in [0.717, 1.165) is 48.3 Å². The number of hydrogen-bond acceptors (Lipinski definition) is 4. The lowest BCUT2D eigenvalue weighted by atomic mass is 9.91. The maximum atomic E-state index is 10.2. The van der Waals surface area contributed by atoms with Crippen LogP contribution in [-0.4, -0.2) is 35.3 Å². The smallest absolute Gasteiger partial charge is 0.179 e. The van der Waals surface area contributed by atoms with Gasteiger partial charge in [0.2, 0.25) is 0 Å². The Morgan fingerprint density at radius 3 is 2.92 bits per heavy atom. The summed E-state index contributed by atoms with van der Waals surface area (Å²) in [4.78, 5) is 7.56. The molecule has 0 saturated heterocycles. The van der Waals surface area contributed by atoms with E-state index < -0.39 is 5.60 Å². The SMILES string of the molecule is CC[C@@H]1C[C@H](CC(C)(C)O)C[C@H]1c1nnc2cnc3[nH]ccc3n12. The van der Waals surface area contributed by atoms with Gasteiger partial charge in [-0.15, -0.1) is 10.2 Å². The Balaban J connectivity index is 1.74. The molecule has 0 spiro atoms. The standard InChI is InChI=1S/C18H25N5O/c1-4-12-7-11(9-18(2,3)24)8-13(12)17-22-21-15-10-20-16-14(23(15)17)5-6-19-16/h5-6,10-13,19,24H,4,7-9H2,1-3H3/t11-,12+,13+/m0/s1. The third kappa shape index (κ3) is 2.59. The Labute approximate surface area is 141 Å². The van der Waals surface area contributed by atoms with Crippen LogP contribution in [0.25, 0.3) is 16.8 Å². The second-order valence-corrected chi connectivity index (χ2v) is 7.85. The molecular formula is C18H25N5O. The molecule has 1 aliphatic rings. The number of rotatable bonds is 4. The van der Waals surface area contributed by atoms with E-state index in [0.29, 0.717) is 17.8 Å². The van der Waals surface area contributed by atoms with Crippen LogP contribution in [0.2, 0.25) is 0 Å². The average Bonchev–Trinajstić information content (AvgIpc) is 3.21. The van der Waals surface area contributed by atoms with E-state index in [1.807, 2.05) is 26.1 Å². The molecule has 1 aliphatic carbocycles. The maximum Gasteiger partial charge on any atom is 0.179 e. The van der Waals surface area contributed by atoms with Gasteiger partial charge in [-0.25, -0.2) is 4.98 Å². The lowest BCUT2D eigenvalue weighted by molar-refractivity contribution is 0.0527. The molecule has 6 heteroatoms. The number of aliphatic hydroxyl groups is 1. The van der Waals surface area contributed by atoms with Crippen LogP contribution in [0.3, 0.4) is 0 Å². The van der Waals surface area contributed by atoms with Crippen molar-refractivity contribution in [3.63, 3.8) is 0 Å². The van der Waals surface area contributed by atoms with Crippen LogP contribution in [-0.2, 0) is 0 Å². The van der Waals surface area contributed by atoms with Crippen molar-refractivity contribution in [1.29, 1.82) is 0 Å². The molecule has 0 aliphatic heterocycles. The number of hydrogen-bond donors (Lipinski definition) is 2. The number of aromatic nitrogens is 5. The van der Waals surface area contributed by atoms with Crippen molar-refractivity contribution in [2.75, 3.05) is 0 Å². The Morgan fingerprint density at radius 2 is 2.17 bits per heavy atom. The zero-order valence-electron chi connectivity index (χ0n) is 14.5. The zero-order valence-corrected chi connectivity index (χ0v) is 14.5. The van der Waals surface area contributed by atoms with Gasteiger partial charge in [0.05, 0.1) is 17.3 Å². The van der Waals surface area contributed by atoms with E-state index in [1.165, 1.54) is 0 Å². The first kappa shape index (κ1) is 15.6. The second kappa shape index (κ2) is 5.55. The third-order valence-corrected chi connectivity index (χ3v) is 5.40. The van der Waals surface area contributed by atoms with Gasteiger partial charge >= 0.3 is 0 Å². The van der Waals surface area contributed by atoms with E-state index in [-0.39, 0.29) is 0 Å². The predicted molar refractivity (Wildman–Crippen MR) is 92.8 cm³/mol. The molecule has 0 amide bonds. The summed E-state index contributed by atoms with van der Waals surface area (Å²) in [7, 11) is 0. The number of nitrogens with zero attached hydrogens (tertiary/aromatic N) is 4. The molecule has 128 valence electrons. The van der Waals surface area contributed by atoms with Crippen molar-refractivity contribution < 1.29 is 5.11 Å². The fraction of sp³-hybridized carbons (Fsp3) is 0.611. The van der Waals surface area contributed by atoms with E-state index in [2.05, 4.69) is 31.5 Å². The monoisotopic (exact) mass is 327 g/mol. The van der Waals surface area contributed by atoms with Gasteiger partial charge in [-0.05, 0) is 51.0 Å². The largest absolute Gasteiger partial charge is 0.390 e. The molecule has 2 N–H and O–H groups in total. The minimum atomic E-state index is -0.609. The molecule has 1 fully saturated rings. The Kier molecular flexibility index (Phi) is 3.60. The van der Waals surface area contributed by atoms with Crippen molar-refractivity contribution in [3.8, 4) is 0 Å². The first-order valence-corrected chi connectivity index (χ1v) is 8.85. The number of nitrogens with one attached hydrogen (secondary N) is 1. The van der Waals surface area contributed by atoms with Crippen LogP contribution in [0.1, 0.15) is 58.2 Å². The molecule has 0 aromatic carbocycles. The molecule has 24 heavy (non-hydrogen) atoms. The molecule has 0 unspecified atom stereocenters. The molecule has 4 rings (SSSR count). The number of aromatic amines is 1. The van der Waals surface area contributed by atoms with Crippen LogP contribution >= 0.6 is 0 Å². The summed E-state index contributed by atoms with van der Waals surface area (Å²) in [6.07, 6.45) is 7.88. The molecule has 3 aromatic rings. The van der Waals surface area contributed by atoms with Crippen LogP contribution in [0.15, 0.2) is 18.5 Å². The summed E-state index contributed by atoms with van der Waals surface area (Å²) in [5, 5.41) is 19.1. The summed E-state index contributed by atoms with van der Waals surface area (Å²) in [6.45, 7) is 6.06. The highest BCUT2D eigenvalue weighted by Gasteiger charge is 2.38. The van der Waals surface area contributed by atoms with Crippen molar-refractivity contribution in [2.24, 2.45) is 11.8 Å². The van der Waals surface area contributed by atoms with Gasteiger partial charge in [-0.1, -0.05) is 13.3 Å². The molecule has 3 heterocycles. The summed E-state index contributed by atoms with van der Waals surface area (Å²) in [5.74, 6) is 2.56. The van der Waals surface area contributed by atoms with Gasteiger partial charge in [0.1, 0.15) is 5.82 Å². The van der Waals surface area contributed by atoms with E-state index in [1.54, 1.807) is 6.20 Å². The summed E-state index contributed by atoms with van der Waals surface area (Å²) in [6, 6.07) is 2.03. The van der Waals surface area contributed by atoms with Crippen molar-refractivity contribution >= 4 is 16.8 Å². The average molecular weight is 327 g/mol.